The monoisotopic (exact) mass is 266 g/mol. The summed E-state index contributed by atoms with van der Waals surface area (Å²) in [4.78, 5) is 8.62. The molecule has 2 N–H and O–H groups in total. The van der Waals surface area contributed by atoms with Gasteiger partial charge in [-0.05, 0) is 37.8 Å². The molecule has 6 heteroatoms. The van der Waals surface area contributed by atoms with Gasteiger partial charge in [0.05, 0.1) is 5.54 Å². The molecule has 0 radical (unpaired) electrons. The Morgan fingerprint density at radius 3 is 2.78 bits per heavy atom. The van der Waals surface area contributed by atoms with E-state index in [9.17, 15) is 0 Å². The van der Waals surface area contributed by atoms with Crippen molar-refractivity contribution in [2.75, 3.05) is 0 Å². The van der Waals surface area contributed by atoms with Crippen LogP contribution in [0.4, 0.5) is 0 Å². The lowest BCUT2D eigenvalue weighted by Gasteiger charge is -2.34. The van der Waals surface area contributed by atoms with Gasteiger partial charge in [-0.2, -0.15) is 4.98 Å². The highest BCUT2D eigenvalue weighted by Gasteiger charge is 2.39. The zero-order chi connectivity index (χ0) is 11.9. The number of hydrogen-bond donors (Lipinski definition) is 1. The number of halogens is 1. The van der Waals surface area contributed by atoms with Crippen molar-refractivity contribution in [1.82, 2.24) is 15.1 Å². The number of aryl methyl sites for hydroxylation is 1. The number of hydrogen-bond acceptors (Lipinski definition) is 5. The predicted octanol–water partition coefficient (Wildman–Crippen LogP) is 2.20. The Kier molecular flexibility index (Phi) is 3.36. The minimum Gasteiger partial charge on any atom is -0.332 e. The van der Waals surface area contributed by atoms with E-state index in [-0.39, 0.29) is 17.9 Å². The summed E-state index contributed by atoms with van der Waals surface area (Å²) < 4.78 is 5.25. The standard InChI is InChI=1S/C12H14N4O.ClH/c1-8-4-2-7-14-9(8)10-15-11(16-17-10)12(13)5-3-6-12;/h2,4,7H,3,5-6,13H2,1H3;1H. The molecular weight excluding hydrogens is 252 g/mol. The van der Waals surface area contributed by atoms with Gasteiger partial charge in [0.25, 0.3) is 5.89 Å². The molecule has 3 rings (SSSR count). The minimum absolute atomic E-state index is 0. The van der Waals surface area contributed by atoms with E-state index in [2.05, 4.69) is 15.1 Å². The van der Waals surface area contributed by atoms with Crippen LogP contribution < -0.4 is 5.73 Å². The summed E-state index contributed by atoms with van der Waals surface area (Å²) in [5, 5.41) is 3.98. The van der Waals surface area contributed by atoms with Gasteiger partial charge >= 0.3 is 0 Å². The van der Waals surface area contributed by atoms with E-state index in [1.807, 2.05) is 19.1 Å². The van der Waals surface area contributed by atoms with Gasteiger partial charge in [0, 0.05) is 6.20 Å². The summed E-state index contributed by atoms with van der Waals surface area (Å²) in [6.07, 6.45) is 4.69. The van der Waals surface area contributed by atoms with Crippen molar-refractivity contribution in [3.63, 3.8) is 0 Å². The highest BCUT2D eigenvalue weighted by Crippen LogP contribution is 2.37. The lowest BCUT2D eigenvalue weighted by Crippen LogP contribution is -2.44. The SMILES string of the molecule is Cc1cccnc1-c1nc(C2(N)CCC2)no1.Cl. The highest BCUT2D eigenvalue weighted by molar-refractivity contribution is 5.85. The number of nitrogens with two attached hydrogens (primary N) is 1. The second kappa shape index (κ2) is 4.66. The predicted molar refractivity (Wildman–Crippen MR) is 69.2 cm³/mol. The van der Waals surface area contributed by atoms with E-state index in [0.717, 1.165) is 30.5 Å². The Labute approximate surface area is 111 Å². The third-order valence-electron chi connectivity index (χ3n) is 3.33. The molecular formula is C12H15ClN4O. The maximum atomic E-state index is 6.15. The van der Waals surface area contributed by atoms with Crippen molar-refractivity contribution in [2.24, 2.45) is 5.73 Å². The fraction of sp³-hybridized carbons (Fsp3) is 0.417. The van der Waals surface area contributed by atoms with Crippen LogP contribution in [0.1, 0.15) is 30.7 Å². The fourth-order valence-electron chi connectivity index (χ4n) is 2.01. The summed E-state index contributed by atoms with van der Waals surface area (Å²) in [5.74, 6) is 1.05. The Morgan fingerprint density at radius 1 is 1.39 bits per heavy atom. The van der Waals surface area contributed by atoms with Gasteiger partial charge in [-0.15, -0.1) is 12.4 Å². The van der Waals surface area contributed by atoms with Crippen LogP contribution in [0.25, 0.3) is 11.6 Å². The van der Waals surface area contributed by atoms with Crippen molar-refractivity contribution in [2.45, 2.75) is 31.7 Å². The van der Waals surface area contributed by atoms with Crippen molar-refractivity contribution >= 4 is 12.4 Å². The van der Waals surface area contributed by atoms with Crippen molar-refractivity contribution in [1.29, 1.82) is 0 Å². The van der Waals surface area contributed by atoms with Gasteiger partial charge in [0.2, 0.25) is 0 Å². The summed E-state index contributed by atoms with van der Waals surface area (Å²) in [7, 11) is 0. The first-order valence-corrected chi connectivity index (χ1v) is 5.74. The van der Waals surface area contributed by atoms with Gasteiger partial charge in [-0.25, -0.2) is 0 Å². The van der Waals surface area contributed by atoms with Crippen molar-refractivity contribution < 1.29 is 4.52 Å². The smallest absolute Gasteiger partial charge is 0.276 e. The molecule has 0 unspecified atom stereocenters. The molecule has 5 nitrogen and oxygen atoms in total. The molecule has 96 valence electrons. The zero-order valence-corrected chi connectivity index (χ0v) is 10.9. The molecule has 1 saturated carbocycles. The van der Waals surface area contributed by atoms with Gasteiger partial charge in [0.1, 0.15) is 5.69 Å². The molecule has 1 fully saturated rings. The normalized spacial score (nSPS) is 16.8. The number of pyridine rings is 1. The molecule has 18 heavy (non-hydrogen) atoms. The third-order valence-corrected chi connectivity index (χ3v) is 3.33. The molecule has 0 saturated heterocycles. The molecule has 2 heterocycles. The first kappa shape index (κ1) is 13.0. The van der Waals surface area contributed by atoms with Crippen molar-refractivity contribution in [3.8, 4) is 11.6 Å². The van der Waals surface area contributed by atoms with E-state index in [0.29, 0.717) is 11.7 Å². The quantitative estimate of drug-likeness (QED) is 0.902. The van der Waals surface area contributed by atoms with Crippen LogP contribution in [-0.4, -0.2) is 15.1 Å². The van der Waals surface area contributed by atoms with Crippen LogP contribution in [0.2, 0.25) is 0 Å². The van der Waals surface area contributed by atoms with Crippen LogP contribution in [0.5, 0.6) is 0 Å². The number of rotatable bonds is 2. The number of nitrogens with zero attached hydrogens (tertiary/aromatic N) is 3. The fourth-order valence-corrected chi connectivity index (χ4v) is 2.01. The van der Waals surface area contributed by atoms with Gasteiger partial charge in [-0.3, -0.25) is 4.98 Å². The summed E-state index contributed by atoms with van der Waals surface area (Å²) in [5.41, 5.74) is 7.51. The zero-order valence-electron chi connectivity index (χ0n) is 10.1. The minimum atomic E-state index is -0.384. The van der Waals surface area contributed by atoms with Crippen molar-refractivity contribution in [3.05, 3.63) is 29.7 Å². The van der Waals surface area contributed by atoms with Gasteiger partial charge in [-0.1, -0.05) is 11.2 Å². The second-order valence-corrected chi connectivity index (χ2v) is 4.60. The Bertz CT molecular complexity index is 551. The molecule has 1 aliphatic carbocycles. The Balaban J connectivity index is 0.00000120. The van der Waals surface area contributed by atoms with Gasteiger partial charge in [0.15, 0.2) is 5.82 Å². The van der Waals surface area contributed by atoms with E-state index < -0.39 is 0 Å². The average Bonchev–Trinajstić information content (AvgIpc) is 2.76. The lowest BCUT2D eigenvalue weighted by atomic mass is 9.77. The maximum Gasteiger partial charge on any atom is 0.276 e. The first-order valence-electron chi connectivity index (χ1n) is 5.74. The average molecular weight is 267 g/mol. The maximum absolute atomic E-state index is 6.15. The molecule has 2 aromatic heterocycles. The molecule has 1 aliphatic rings. The van der Waals surface area contributed by atoms with Crippen LogP contribution in [-0.2, 0) is 5.54 Å². The molecule has 0 spiro atoms. The lowest BCUT2D eigenvalue weighted by molar-refractivity contribution is 0.229. The highest BCUT2D eigenvalue weighted by atomic mass is 35.5. The summed E-state index contributed by atoms with van der Waals surface area (Å²) in [6.45, 7) is 1.97. The van der Waals surface area contributed by atoms with Crippen LogP contribution in [0.3, 0.4) is 0 Å². The second-order valence-electron chi connectivity index (χ2n) is 4.60. The molecule has 0 aliphatic heterocycles. The largest absolute Gasteiger partial charge is 0.332 e. The summed E-state index contributed by atoms with van der Waals surface area (Å²) in [6, 6.07) is 3.85. The number of aromatic nitrogens is 3. The van der Waals surface area contributed by atoms with Gasteiger partial charge < -0.3 is 10.3 Å². The van der Waals surface area contributed by atoms with Crippen LogP contribution in [0, 0.1) is 6.92 Å². The Morgan fingerprint density at radius 2 is 2.17 bits per heavy atom. The Hall–Kier alpha value is -1.46. The molecule has 0 amide bonds. The molecule has 0 aromatic carbocycles. The first-order chi connectivity index (χ1) is 8.19. The third kappa shape index (κ3) is 2.00. The topological polar surface area (TPSA) is 77.8 Å². The van der Waals surface area contributed by atoms with Crippen LogP contribution >= 0.6 is 12.4 Å². The van der Waals surface area contributed by atoms with E-state index in [1.54, 1.807) is 6.20 Å². The molecule has 0 atom stereocenters. The van der Waals surface area contributed by atoms with Crippen LogP contribution in [0.15, 0.2) is 22.9 Å². The van der Waals surface area contributed by atoms with E-state index in [1.165, 1.54) is 0 Å². The summed E-state index contributed by atoms with van der Waals surface area (Å²) >= 11 is 0. The molecule has 2 aromatic rings. The van der Waals surface area contributed by atoms with E-state index >= 15 is 0 Å². The van der Waals surface area contributed by atoms with E-state index in [4.69, 9.17) is 10.3 Å². The molecule has 0 bridgehead atoms.